The Kier molecular flexibility index (Phi) is 5.24. The fourth-order valence-corrected chi connectivity index (χ4v) is 3.73. The van der Waals surface area contributed by atoms with E-state index in [9.17, 15) is 9.59 Å². The Bertz CT molecular complexity index is 808. The van der Waals surface area contributed by atoms with Crippen molar-refractivity contribution in [2.45, 2.75) is 13.3 Å². The van der Waals surface area contributed by atoms with Crippen molar-refractivity contribution >= 4 is 39.9 Å². The number of methoxy groups -OCH3 is 1. The maximum atomic E-state index is 12.3. The Labute approximate surface area is 154 Å². The smallest absolute Gasteiger partial charge is 0.231 e. The summed E-state index contributed by atoms with van der Waals surface area (Å²) in [6, 6.07) is 5.41. The van der Waals surface area contributed by atoms with Crippen LogP contribution in [0, 0.1) is 5.92 Å². The van der Waals surface area contributed by atoms with Gasteiger partial charge >= 0.3 is 0 Å². The molecule has 8 heteroatoms. The van der Waals surface area contributed by atoms with Crippen LogP contribution in [0.4, 0.5) is 5.13 Å². The van der Waals surface area contributed by atoms with Crippen LogP contribution in [0.1, 0.15) is 13.3 Å². The Morgan fingerprint density at radius 3 is 2.96 bits per heavy atom. The van der Waals surface area contributed by atoms with Crippen molar-refractivity contribution in [3.8, 4) is 17.0 Å². The molecule has 3 rings (SSSR count). The number of aromatic nitrogens is 1. The number of benzene rings is 1. The number of nitrogens with one attached hydrogen (secondary N) is 1. The molecule has 6 nitrogen and oxygen atoms in total. The van der Waals surface area contributed by atoms with Gasteiger partial charge in [0.25, 0.3) is 0 Å². The van der Waals surface area contributed by atoms with E-state index in [4.69, 9.17) is 16.3 Å². The first kappa shape index (κ1) is 17.7. The number of ether oxygens (including phenoxy) is 1. The van der Waals surface area contributed by atoms with Gasteiger partial charge in [-0.1, -0.05) is 11.6 Å². The van der Waals surface area contributed by atoms with Crippen LogP contribution in [-0.2, 0) is 9.59 Å². The molecule has 1 aliphatic heterocycles. The van der Waals surface area contributed by atoms with Crippen LogP contribution in [0.3, 0.4) is 0 Å². The minimum absolute atomic E-state index is 0.0235. The van der Waals surface area contributed by atoms with Crippen molar-refractivity contribution in [2.75, 3.05) is 25.5 Å². The Morgan fingerprint density at radius 1 is 1.52 bits per heavy atom. The summed E-state index contributed by atoms with van der Waals surface area (Å²) in [5.41, 5.74) is 1.57. The Balaban J connectivity index is 1.69. The molecule has 0 radical (unpaired) electrons. The largest absolute Gasteiger partial charge is 0.495 e. The van der Waals surface area contributed by atoms with Gasteiger partial charge in [-0.25, -0.2) is 4.98 Å². The highest BCUT2D eigenvalue weighted by Crippen LogP contribution is 2.32. The number of carbonyl (C=O) groups is 2. The summed E-state index contributed by atoms with van der Waals surface area (Å²) < 4.78 is 5.14. The van der Waals surface area contributed by atoms with Crippen LogP contribution < -0.4 is 10.1 Å². The lowest BCUT2D eigenvalue weighted by atomic mass is 10.1. The number of carbonyl (C=O) groups excluding carboxylic acids is 2. The Hall–Kier alpha value is -2.12. The molecular weight excluding hydrogens is 362 g/mol. The average Bonchev–Trinajstić information content (AvgIpc) is 3.21. The van der Waals surface area contributed by atoms with Crippen molar-refractivity contribution in [1.29, 1.82) is 0 Å². The van der Waals surface area contributed by atoms with Gasteiger partial charge in [-0.15, -0.1) is 11.3 Å². The van der Waals surface area contributed by atoms with Gasteiger partial charge in [-0.2, -0.15) is 0 Å². The molecule has 1 atom stereocenters. The quantitative estimate of drug-likeness (QED) is 0.865. The fraction of sp³-hybridized carbons (Fsp3) is 0.353. The molecule has 1 N–H and O–H groups in total. The summed E-state index contributed by atoms with van der Waals surface area (Å²) in [4.78, 5) is 30.2. The van der Waals surface area contributed by atoms with Crippen molar-refractivity contribution in [3.05, 3.63) is 28.6 Å². The minimum atomic E-state index is -0.324. The van der Waals surface area contributed by atoms with Crippen molar-refractivity contribution in [2.24, 2.45) is 5.92 Å². The summed E-state index contributed by atoms with van der Waals surface area (Å²) >= 11 is 7.48. The van der Waals surface area contributed by atoms with Crippen LogP contribution in [0.5, 0.6) is 5.75 Å². The maximum absolute atomic E-state index is 12.3. The van der Waals surface area contributed by atoms with Crippen molar-refractivity contribution in [1.82, 2.24) is 9.88 Å². The second-order valence-corrected chi connectivity index (χ2v) is 6.98. The average molecular weight is 380 g/mol. The summed E-state index contributed by atoms with van der Waals surface area (Å²) in [6.45, 7) is 3.00. The van der Waals surface area contributed by atoms with E-state index in [2.05, 4.69) is 10.3 Å². The van der Waals surface area contributed by atoms with Crippen LogP contribution >= 0.6 is 22.9 Å². The van der Waals surface area contributed by atoms with Crippen LogP contribution in [-0.4, -0.2) is 41.9 Å². The molecule has 0 spiro atoms. The summed E-state index contributed by atoms with van der Waals surface area (Å²) in [6.07, 6.45) is 0.256. The molecule has 1 unspecified atom stereocenters. The highest BCUT2D eigenvalue weighted by atomic mass is 35.5. The van der Waals surface area contributed by atoms with Crippen LogP contribution in [0.25, 0.3) is 11.3 Å². The first-order valence-corrected chi connectivity index (χ1v) is 9.15. The number of anilines is 1. The van der Waals surface area contributed by atoms with E-state index >= 15 is 0 Å². The normalized spacial score (nSPS) is 17.0. The molecule has 25 heavy (non-hydrogen) atoms. The second-order valence-electron chi connectivity index (χ2n) is 5.71. The van der Waals surface area contributed by atoms with Gasteiger partial charge < -0.3 is 15.0 Å². The summed E-state index contributed by atoms with van der Waals surface area (Å²) in [7, 11) is 1.56. The van der Waals surface area contributed by atoms with Gasteiger partial charge in [0.2, 0.25) is 11.8 Å². The number of thiazole rings is 1. The molecule has 0 aliphatic carbocycles. The highest BCUT2D eigenvalue weighted by molar-refractivity contribution is 7.14. The maximum Gasteiger partial charge on any atom is 0.231 e. The standard InChI is InChI=1S/C17H18ClN3O3S/c1-3-21-8-11(7-15(21)22)16(23)20-17-19-13(9-25-17)10-4-5-14(24-2)12(18)6-10/h4-6,9,11H,3,7-8H2,1-2H3,(H,19,20,23). The molecule has 1 aromatic carbocycles. The first-order valence-electron chi connectivity index (χ1n) is 7.90. The minimum Gasteiger partial charge on any atom is -0.495 e. The van der Waals surface area contributed by atoms with E-state index < -0.39 is 0 Å². The predicted molar refractivity (Wildman–Crippen MR) is 98.1 cm³/mol. The zero-order valence-electron chi connectivity index (χ0n) is 13.9. The molecule has 0 bridgehead atoms. The summed E-state index contributed by atoms with van der Waals surface area (Å²) in [5, 5.41) is 5.67. The molecule has 1 aromatic heterocycles. The number of rotatable bonds is 5. The third-order valence-corrected chi connectivity index (χ3v) is 5.20. The monoisotopic (exact) mass is 379 g/mol. The number of likely N-dealkylation sites (tertiary alicyclic amines) is 1. The summed E-state index contributed by atoms with van der Waals surface area (Å²) in [5.74, 6) is 0.129. The lowest BCUT2D eigenvalue weighted by Crippen LogP contribution is -2.28. The number of hydrogen-bond acceptors (Lipinski definition) is 5. The topological polar surface area (TPSA) is 71.5 Å². The zero-order chi connectivity index (χ0) is 18.0. The number of halogens is 1. The SMILES string of the molecule is CCN1CC(C(=O)Nc2nc(-c3ccc(OC)c(Cl)c3)cs2)CC1=O. The lowest BCUT2D eigenvalue weighted by molar-refractivity contribution is -0.128. The molecule has 2 heterocycles. The zero-order valence-corrected chi connectivity index (χ0v) is 15.5. The van der Waals surface area contributed by atoms with E-state index in [1.54, 1.807) is 24.1 Å². The molecule has 132 valence electrons. The third kappa shape index (κ3) is 3.77. The molecule has 2 aromatic rings. The molecule has 2 amide bonds. The number of nitrogens with zero attached hydrogens (tertiary/aromatic N) is 2. The van der Waals surface area contributed by atoms with E-state index in [1.807, 2.05) is 18.4 Å². The fourth-order valence-electron chi connectivity index (χ4n) is 2.75. The highest BCUT2D eigenvalue weighted by Gasteiger charge is 2.33. The van der Waals surface area contributed by atoms with Gasteiger partial charge in [0, 0.05) is 30.5 Å². The molecule has 1 saturated heterocycles. The van der Waals surface area contributed by atoms with Crippen LogP contribution in [0.15, 0.2) is 23.6 Å². The van der Waals surface area contributed by atoms with Gasteiger partial charge in [-0.05, 0) is 25.1 Å². The van der Waals surface area contributed by atoms with E-state index in [-0.39, 0.29) is 24.2 Å². The second kappa shape index (κ2) is 7.41. The molecule has 0 saturated carbocycles. The number of amides is 2. The molecule has 1 fully saturated rings. The molecule has 1 aliphatic rings. The van der Waals surface area contributed by atoms with E-state index in [0.29, 0.717) is 29.0 Å². The third-order valence-electron chi connectivity index (χ3n) is 4.15. The van der Waals surface area contributed by atoms with Gasteiger partial charge in [0.15, 0.2) is 5.13 Å². The van der Waals surface area contributed by atoms with E-state index in [0.717, 1.165) is 11.3 Å². The predicted octanol–water partition coefficient (Wildman–Crippen LogP) is 3.28. The van der Waals surface area contributed by atoms with Gasteiger partial charge in [0.1, 0.15) is 5.75 Å². The van der Waals surface area contributed by atoms with Crippen LogP contribution in [0.2, 0.25) is 5.02 Å². The van der Waals surface area contributed by atoms with Gasteiger partial charge in [0.05, 0.1) is 23.7 Å². The van der Waals surface area contributed by atoms with Crippen molar-refractivity contribution in [3.63, 3.8) is 0 Å². The molecular formula is C17H18ClN3O3S. The first-order chi connectivity index (χ1) is 12.0. The lowest BCUT2D eigenvalue weighted by Gasteiger charge is -2.12. The Morgan fingerprint density at radius 2 is 2.32 bits per heavy atom. The van der Waals surface area contributed by atoms with Crippen molar-refractivity contribution < 1.29 is 14.3 Å². The van der Waals surface area contributed by atoms with Gasteiger partial charge in [-0.3, -0.25) is 9.59 Å². The van der Waals surface area contributed by atoms with E-state index in [1.165, 1.54) is 11.3 Å². The number of hydrogen-bond donors (Lipinski definition) is 1.